The van der Waals surface area contributed by atoms with Gasteiger partial charge >= 0.3 is 230 Å². The maximum atomic E-state index is 11.8. The zero-order valence-electron chi connectivity index (χ0n) is 21.3. The van der Waals surface area contributed by atoms with Gasteiger partial charge in [0.05, 0.1) is 0 Å². The van der Waals surface area contributed by atoms with Crippen molar-refractivity contribution in [1.82, 2.24) is 0 Å². The zero-order valence-corrected chi connectivity index (χ0v) is 23.8. The second-order valence-electron chi connectivity index (χ2n) is 9.57. The number of anilines is 1. The van der Waals surface area contributed by atoms with Gasteiger partial charge in [0.25, 0.3) is 0 Å². The van der Waals surface area contributed by atoms with Gasteiger partial charge in [-0.1, -0.05) is 0 Å². The zero-order chi connectivity index (χ0) is 26.9. The molecule has 1 unspecified atom stereocenters. The molecule has 0 aliphatic carbocycles. The summed E-state index contributed by atoms with van der Waals surface area (Å²) in [7, 11) is -2.53. The van der Waals surface area contributed by atoms with Crippen LogP contribution < -0.4 is 18.9 Å². The molecular weight excluding hydrogens is 565 g/mol. The van der Waals surface area contributed by atoms with Crippen molar-refractivity contribution in [2.45, 2.75) is 19.3 Å². The van der Waals surface area contributed by atoms with E-state index in [0.29, 0.717) is 0 Å². The molecule has 0 amide bonds. The predicted molar refractivity (Wildman–Crippen MR) is 145 cm³/mol. The van der Waals surface area contributed by atoms with Gasteiger partial charge in [0, 0.05) is 0 Å². The first-order valence-corrected chi connectivity index (χ1v) is 15.8. The van der Waals surface area contributed by atoms with Crippen LogP contribution in [0, 0.1) is 10.2 Å². The monoisotopic (exact) mass is 593 g/mol. The van der Waals surface area contributed by atoms with Crippen molar-refractivity contribution in [2.24, 2.45) is 0 Å². The fourth-order valence-electron chi connectivity index (χ4n) is 4.95. The van der Waals surface area contributed by atoms with Gasteiger partial charge in [0.1, 0.15) is 0 Å². The minimum absolute atomic E-state index is 0.143. The van der Waals surface area contributed by atoms with Gasteiger partial charge in [-0.3, -0.25) is 0 Å². The van der Waals surface area contributed by atoms with Crippen LogP contribution in [0.15, 0.2) is 127 Å². The summed E-state index contributed by atoms with van der Waals surface area (Å²) in [6, 6.07) is 27.4. The van der Waals surface area contributed by atoms with Crippen molar-refractivity contribution < 1.29 is 27.6 Å². The van der Waals surface area contributed by atoms with Gasteiger partial charge in [0.15, 0.2) is 0 Å². The summed E-state index contributed by atoms with van der Waals surface area (Å²) >= 11 is -2.69. The first-order valence-electron chi connectivity index (χ1n) is 12.1. The second kappa shape index (κ2) is 10.6. The first-order chi connectivity index (χ1) is 18.1. The van der Waals surface area contributed by atoms with Crippen LogP contribution in [0.1, 0.15) is 30.5 Å². The number of fused-ring (bicyclic) bond motifs is 1. The number of rotatable bonds is 6. The van der Waals surface area contributed by atoms with Crippen LogP contribution in [-0.4, -0.2) is 25.3 Å². The van der Waals surface area contributed by atoms with Crippen molar-refractivity contribution >= 4 is 28.4 Å². The fraction of sp³-hybridized carbons (Fsp3) is 0.129. The number of likely N-dealkylation sites (N-methyl/N-ethyl adjacent to an activating group) is 1. The fourth-order valence-corrected chi connectivity index (χ4v) is 10.1. The van der Waals surface area contributed by atoms with Crippen molar-refractivity contribution in [3.63, 3.8) is 0 Å². The minimum atomic E-state index is -4.61. The Morgan fingerprint density at radius 1 is 0.816 bits per heavy atom. The van der Waals surface area contributed by atoms with Gasteiger partial charge in [-0.25, -0.2) is 0 Å². The van der Waals surface area contributed by atoms with Gasteiger partial charge in [-0.05, 0) is 0 Å². The molecule has 7 heteroatoms. The van der Waals surface area contributed by atoms with Gasteiger partial charge < -0.3 is 0 Å². The molecular formula is C31H28ClNO4Se. The molecule has 2 aliphatic rings. The molecule has 194 valence electrons. The predicted octanol–water partition coefficient (Wildman–Crippen LogP) is 3.12. The van der Waals surface area contributed by atoms with E-state index < -0.39 is 24.0 Å². The quantitative estimate of drug-likeness (QED) is 0.411. The molecule has 1 atom stereocenters. The molecule has 2 aliphatic heterocycles. The number of para-hydroxylation sites is 1. The average molecular weight is 593 g/mol. The summed E-state index contributed by atoms with van der Waals surface area (Å²) in [6.45, 7) is 4.44. The van der Waals surface area contributed by atoms with Crippen LogP contribution in [-0.2, 0) is 8.79 Å². The molecule has 0 N–H and O–H groups in total. The van der Waals surface area contributed by atoms with Crippen molar-refractivity contribution in [3.05, 3.63) is 143 Å². The Hall–Kier alpha value is -3.06. The van der Waals surface area contributed by atoms with Crippen LogP contribution in [0.4, 0.5) is 5.69 Å². The third kappa shape index (κ3) is 5.39. The molecule has 2 heterocycles. The van der Waals surface area contributed by atoms with E-state index in [1.165, 1.54) is 16.9 Å². The van der Waals surface area contributed by atoms with Crippen molar-refractivity contribution in [2.75, 3.05) is 11.9 Å². The Morgan fingerprint density at radius 3 is 2.05 bits per heavy atom. The summed E-state index contributed by atoms with van der Waals surface area (Å²) in [5.74, 6) is 0. The Balaban J connectivity index is 1.60. The Bertz CT molecular complexity index is 1500. The van der Waals surface area contributed by atoms with Crippen molar-refractivity contribution in [1.29, 1.82) is 0 Å². The van der Waals surface area contributed by atoms with Crippen LogP contribution in [0.3, 0.4) is 0 Å². The molecule has 3 aromatic carbocycles. The van der Waals surface area contributed by atoms with Crippen LogP contribution in [0.5, 0.6) is 0 Å². The SMILES string of the molecule is CN1C(=CC=CC2=CC(c3ccccc3)=[Se](O[Cl+3]([O-])([O-])[O-])C(c3ccccc3)=C2)C(C)(C)c2ccccc21. The number of hydrogen-bond donors (Lipinski definition) is 0. The van der Waals surface area contributed by atoms with E-state index in [4.69, 9.17) is 3.37 Å². The van der Waals surface area contributed by atoms with Crippen LogP contribution in [0.25, 0.3) is 4.47 Å². The van der Waals surface area contributed by atoms with Crippen molar-refractivity contribution in [3.8, 4) is 0 Å². The molecule has 5 nitrogen and oxygen atoms in total. The molecule has 5 rings (SSSR count). The van der Waals surface area contributed by atoms with E-state index in [-0.39, 0.29) is 5.41 Å². The molecule has 3 aromatic rings. The van der Waals surface area contributed by atoms with Gasteiger partial charge in [-0.15, -0.1) is 0 Å². The standard InChI is InChI=1S/C31H28ClNO4Se/c1-31(2)26-18-10-11-19-27(26)33(3)30(31)20-12-13-23-21-28(24-14-6-4-7-15-24)38(37-32(34,35)36)29(22-23)25-16-8-5-9-17-25/h4-22H,1-3H3. The molecule has 0 bridgehead atoms. The number of allylic oxidation sites excluding steroid dienone is 7. The average Bonchev–Trinajstić information content (AvgIpc) is 3.10. The first kappa shape index (κ1) is 26.5. The molecule has 0 saturated carbocycles. The second-order valence-corrected chi connectivity index (χ2v) is 14.2. The van der Waals surface area contributed by atoms with E-state index >= 15 is 0 Å². The summed E-state index contributed by atoms with van der Waals surface area (Å²) in [5.41, 5.74) is 6.06. The molecule has 0 spiro atoms. The van der Waals surface area contributed by atoms with E-state index in [0.717, 1.165) is 25.6 Å². The summed E-state index contributed by atoms with van der Waals surface area (Å²) < 4.78 is 42.0. The maximum absolute atomic E-state index is 11.8. The number of halogens is 1. The number of nitrogens with zero attached hydrogens (tertiary/aromatic N) is 1. The Labute approximate surface area is 229 Å². The van der Waals surface area contributed by atoms with Gasteiger partial charge in [0.2, 0.25) is 0 Å². The van der Waals surface area contributed by atoms with Gasteiger partial charge in [-0.2, -0.15) is 0 Å². The van der Waals surface area contributed by atoms with E-state index in [1.807, 2.05) is 85.0 Å². The van der Waals surface area contributed by atoms with E-state index in [2.05, 4.69) is 56.1 Å². The van der Waals surface area contributed by atoms with E-state index in [1.54, 1.807) is 0 Å². The molecule has 38 heavy (non-hydrogen) atoms. The third-order valence-electron chi connectivity index (χ3n) is 6.73. The normalized spacial score (nSPS) is 20.1. The van der Waals surface area contributed by atoms with E-state index in [9.17, 15) is 14.0 Å². The molecule has 0 fully saturated rings. The Morgan fingerprint density at radius 2 is 1.42 bits per heavy atom. The topological polar surface area (TPSA) is 81.7 Å². The molecule has 0 saturated heterocycles. The molecule has 0 radical (unpaired) electrons. The van der Waals surface area contributed by atoms with Crippen LogP contribution in [0.2, 0.25) is 0 Å². The number of hydrogen-bond acceptors (Lipinski definition) is 5. The summed E-state index contributed by atoms with van der Waals surface area (Å²) in [6.07, 6.45) is 10.0. The third-order valence-corrected chi connectivity index (χ3v) is 11.9. The number of benzene rings is 3. The molecule has 0 aromatic heterocycles. The van der Waals surface area contributed by atoms with Crippen LogP contribution >= 0.6 is 0 Å². The Kier molecular flexibility index (Phi) is 7.40. The summed E-state index contributed by atoms with van der Waals surface area (Å²) in [5, 5.41) is 0. The summed E-state index contributed by atoms with van der Waals surface area (Å²) in [4.78, 5) is 2.22.